The van der Waals surface area contributed by atoms with Gasteiger partial charge in [0.15, 0.2) is 0 Å². The zero-order chi connectivity index (χ0) is 36.3. The normalized spacial score (nSPS) is 15.7. The topological polar surface area (TPSA) is 24.7 Å². The third-order valence-corrected chi connectivity index (χ3v) is 12.4. The van der Waals surface area contributed by atoms with Gasteiger partial charge in [-0.2, -0.15) is 0 Å². The molecular formula is C49H78N2. The molecule has 2 saturated carbocycles. The minimum atomic E-state index is 0.672. The van der Waals surface area contributed by atoms with E-state index in [1.807, 2.05) is 0 Å². The van der Waals surface area contributed by atoms with Crippen molar-refractivity contribution in [3.05, 3.63) is 57.6 Å². The number of benzene rings is 2. The first-order valence-corrected chi connectivity index (χ1v) is 22.4. The minimum absolute atomic E-state index is 0.672. The van der Waals surface area contributed by atoms with Crippen molar-refractivity contribution in [1.82, 2.24) is 0 Å². The summed E-state index contributed by atoms with van der Waals surface area (Å²) in [5, 5.41) is 0. The third kappa shape index (κ3) is 13.0. The van der Waals surface area contributed by atoms with Gasteiger partial charge in [-0.15, -0.1) is 0 Å². The summed E-state index contributed by atoms with van der Waals surface area (Å²) in [5.74, 6) is 1.34. The van der Waals surface area contributed by atoms with Crippen LogP contribution in [0.3, 0.4) is 0 Å². The monoisotopic (exact) mass is 695 g/mol. The molecule has 2 aromatic rings. The summed E-state index contributed by atoms with van der Waals surface area (Å²) in [7, 11) is 0. The SMILES string of the molecule is CCCCCCc1ccc(Cc2ccc(CCCCCC)c(CCCCCC)c2/N=C(/C)C2CCC2)c(/N=C(/C)C2CCC2)c1CCCCCC. The van der Waals surface area contributed by atoms with Crippen LogP contribution in [0, 0.1) is 11.8 Å². The maximum absolute atomic E-state index is 5.67. The summed E-state index contributed by atoms with van der Waals surface area (Å²) in [4.78, 5) is 11.3. The van der Waals surface area contributed by atoms with Crippen LogP contribution in [0.25, 0.3) is 0 Å². The second kappa shape index (κ2) is 23.4. The van der Waals surface area contributed by atoms with E-state index in [-0.39, 0.29) is 0 Å². The van der Waals surface area contributed by atoms with Gasteiger partial charge in [0, 0.05) is 17.8 Å². The number of nitrogens with zero attached hydrogens (tertiary/aromatic N) is 2. The van der Waals surface area contributed by atoms with Crippen LogP contribution in [-0.2, 0) is 32.1 Å². The molecule has 2 aliphatic carbocycles. The first kappa shape index (κ1) is 41.5. The highest BCUT2D eigenvalue weighted by molar-refractivity contribution is 5.89. The van der Waals surface area contributed by atoms with Crippen molar-refractivity contribution in [1.29, 1.82) is 0 Å². The second-order valence-electron chi connectivity index (χ2n) is 16.6. The van der Waals surface area contributed by atoms with E-state index in [2.05, 4.69) is 65.8 Å². The summed E-state index contributed by atoms with van der Waals surface area (Å²) in [6.45, 7) is 14.0. The van der Waals surface area contributed by atoms with E-state index in [4.69, 9.17) is 9.98 Å². The number of hydrogen-bond donors (Lipinski definition) is 0. The van der Waals surface area contributed by atoms with E-state index in [9.17, 15) is 0 Å². The molecule has 0 spiro atoms. The van der Waals surface area contributed by atoms with Crippen molar-refractivity contribution >= 4 is 22.8 Å². The Balaban J connectivity index is 1.82. The van der Waals surface area contributed by atoms with Gasteiger partial charge in [-0.1, -0.05) is 142 Å². The number of unbranched alkanes of at least 4 members (excludes halogenated alkanes) is 12. The zero-order valence-corrected chi connectivity index (χ0v) is 34.5. The van der Waals surface area contributed by atoms with Crippen LogP contribution in [0.2, 0.25) is 0 Å². The Bertz CT molecular complexity index is 1250. The van der Waals surface area contributed by atoms with Crippen LogP contribution >= 0.6 is 0 Å². The van der Waals surface area contributed by atoms with Crippen LogP contribution < -0.4 is 0 Å². The van der Waals surface area contributed by atoms with E-state index in [0.29, 0.717) is 11.8 Å². The second-order valence-corrected chi connectivity index (χ2v) is 16.6. The van der Waals surface area contributed by atoms with Crippen LogP contribution in [-0.4, -0.2) is 11.4 Å². The lowest BCUT2D eigenvalue weighted by Crippen LogP contribution is -2.19. The summed E-state index contributed by atoms with van der Waals surface area (Å²) in [5.41, 5.74) is 14.6. The fourth-order valence-electron chi connectivity index (χ4n) is 8.38. The Morgan fingerprint density at radius 1 is 0.451 bits per heavy atom. The molecule has 0 aromatic heterocycles. The molecule has 4 rings (SSSR count). The largest absolute Gasteiger partial charge is 0.257 e. The molecule has 2 aromatic carbocycles. The van der Waals surface area contributed by atoms with Crippen molar-refractivity contribution in [3.8, 4) is 0 Å². The molecule has 51 heavy (non-hydrogen) atoms. The quantitative estimate of drug-likeness (QED) is 0.0692. The lowest BCUT2D eigenvalue weighted by Gasteiger charge is -2.27. The Morgan fingerprint density at radius 2 is 0.784 bits per heavy atom. The number of aliphatic imine (C=N–C) groups is 2. The molecule has 0 radical (unpaired) electrons. The van der Waals surface area contributed by atoms with E-state index in [0.717, 1.165) is 6.42 Å². The molecule has 0 N–H and O–H groups in total. The molecule has 0 amide bonds. The average molecular weight is 695 g/mol. The van der Waals surface area contributed by atoms with Crippen molar-refractivity contribution < 1.29 is 0 Å². The average Bonchev–Trinajstić information content (AvgIpc) is 3.07. The van der Waals surface area contributed by atoms with Crippen LogP contribution in [0.5, 0.6) is 0 Å². The van der Waals surface area contributed by atoms with E-state index >= 15 is 0 Å². The predicted octanol–water partition coefficient (Wildman–Crippen LogP) is 15.6. The van der Waals surface area contributed by atoms with Gasteiger partial charge in [0.1, 0.15) is 0 Å². The summed E-state index contributed by atoms with van der Waals surface area (Å²) >= 11 is 0. The molecule has 0 bridgehead atoms. The predicted molar refractivity (Wildman–Crippen MR) is 227 cm³/mol. The fourth-order valence-corrected chi connectivity index (χ4v) is 8.38. The molecule has 0 saturated heterocycles. The van der Waals surface area contributed by atoms with E-state index in [1.165, 1.54) is 201 Å². The zero-order valence-electron chi connectivity index (χ0n) is 34.5. The maximum atomic E-state index is 5.67. The molecule has 0 unspecified atom stereocenters. The van der Waals surface area contributed by atoms with Gasteiger partial charge in [0.05, 0.1) is 11.4 Å². The molecular weight excluding hydrogens is 617 g/mol. The lowest BCUT2D eigenvalue weighted by atomic mass is 9.82. The summed E-state index contributed by atoms with van der Waals surface area (Å²) in [6.07, 6.45) is 34.6. The van der Waals surface area contributed by atoms with Gasteiger partial charge in [-0.25, -0.2) is 0 Å². The lowest BCUT2D eigenvalue weighted by molar-refractivity contribution is 0.412. The highest BCUT2D eigenvalue weighted by Crippen LogP contribution is 2.39. The van der Waals surface area contributed by atoms with Gasteiger partial charge in [-0.3, -0.25) is 9.98 Å². The molecule has 0 aliphatic heterocycles. The Hall–Kier alpha value is -2.22. The van der Waals surface area contributed by atoms with Gasteiger partial charge in [0.2, 0.25) is 0 Å². The number of hydrogen-bond acceptors (Lipinski definition) is 2. The fraction of sp³-hybridized carbons (Fsp3) is 0.714. The minimum Gasteiger partial charge on any atom is -0.257 e. The van der Waals surface area contributed by atoms with Gasteiger partial charge in [-0.05, 0) is 136 Å². The Kier molecular flexibility index (Phi) is 19.1. The highest BCUT2D eigenvalue weighted by atomic mass is 14.8. The van der Waals surface area contributed by atoms with Crippen LogP contribution in [0.15, 0.2) is 34.3 Å². The Morgan fingerprint density at radius 3 is 1.10 bits per heavy atom. The van der Waals surface area contributed by atoms with Gasteiger partial charge in [0.25, 0.3) is 0 Å². The van der Waals surface area contributed by atoms with E-state index in [1.54, 1.807) is 22.3 Å². The van der Waals surface area contributed by atoms with Gasteiger partial charge < -0.3 is 0 Å². The highest BCUT2D eigenvalue weighted by Gasteiger charge is 2.24. The van der Waals surface area contributed by atoms with E-state index < -0.39 is 0 Å². The molecule has 0 heterocycles. The van der Waals surface area contributed by atoms with Crippen LogP contribution in [0.1, 0.15) is 216 Å². The summed E-state index contributed by atoms with van der Waals surface area (Å²) in [6, 6.07) is 10.0. The molecule has 0 atom stereocenters. The smallest absolute Gasteiger partial charge is 0.0699 e. The van der Waals surface area contributed by atoms with Crippen molar-refractivity contribution in [2.75, 3.05) is 0 Å². The molecule has 2 aliphatic rings. The standard InChI is InChI=1S/C49H78N2/c1-7-11-15-19-25-42-33-35-44(48(46(42)31-21-17-13-9-3)50-38(5)40-27-23-28-40)37-45-36-34-43(26-20-16-12-8-2)47(32-22-18-14-10-4)49(45)51-39(6)41-29-24-30-41/h33-36,40-41H,7-32,37H2,1-6H3/b50-38-,51-39-. The van der Waals surface area contributed by atoms with Gasteiger partial charge >= 0.3 is 0 Å². The first-order valence-electron chi connectivity index (χ1n) is 22.4. The Labute approximate surface area is 316 Å². The maximum Gasteiger partial charge on any atom is 0.0699 e. The van der Waals surface area contributed by atoms with Crippen LogP contribution in [0.4, 0.5) is 11.4 Å². The molecule has 2 fully saturated rings. The van der Waals surface area contributed by atoms with Crippen molar-refractivity contribution in [2.24, 2.45) is 21.8 Å². The molecule has 2 nitrogen and oxygen atoms in total. The number of aryl methyl sites for hydroxylation is 2. The summed E-state index contributed by atoms with van der Waals surface area (Å²) < 4.78 is 0. The van der Waals surface area contributed by atoms with Crippen molar-refractivity contribution in [2.45, 2.75) is 215 Å². The molecule has 284 valence electrons. The van der Waals surface area contributed by atoms with Crippen molar-refractivity contribution in [3.63, 3.8) is 0 Å². The third-order valence-electron chi connectivity index (χ3n) is 12.4. The molecule has 2 heteroatoms. The number of rotatable bonds is 26. The first-order chi connectivity index (χ1) is 25.0.